The molecule has 1 atom stereocenters. The van der Waals surface area contributed by atoms with Crippen molar-refractivity contribution < 1.29 is 4.79 Å². The second-order valence-corrected chi connectivity index (χ2v) is 5.15. The van der Waals surface area contributed by atoms with E-state index in [2.05, 4.69) is 10.4 Å². The summed E-state index contributed by atoms with van der Waals surface area (Å²) in [6, 6.07) is 11.5. The van der Waals surface area contributed by atoms with Gasteiger partial charge in [-0.25, -0.2) is 0 Å². The van der Waals surface area contributed by atoms with Crippen molar-refractivity contribution in [3.8, 4) is 0 Å². The maximum atomic E-state index is 11.9. The number of aromatic nitrogens is 2. The molecule has 0 spiro atoms. The zero-order chi connectivity index (χ0) is 15.1. The highest BCUT2D eigenvalue weighted by Crippen LogP contribution is 2.04. The fraction of sp³-hybridized carbons (Fsp3) is 0.375. The van der Waals surface area contributed by atoms with Crippen molar-refractivity contribution in [1.29, 1.82) is 0 Å². The van der Waals surface area contributed by atoms with Gasteiger partial charge in [-0.05, 0) is 24.5 Å². The molecule has 0 radical (unpaired) electrons. The number of benzene rings is 1. The van der Waals surface area contributed by atoms with Crippen molar-refractivity contribution in [2.75, 3.05) is 6.54 Å². The Morgan fingerprint density at radius 3 is 2.71 bits per heavy atom. The van der Waals surface area contributed by atoms with Gasteiger partial charge in [-0.2, -0.15) is 5.10 Å². The third kappa shape index (κ3) is 5.04. The molecule has 1 aromatic heterocycles. The summed E-state index contributed by atoms with van der Waals surface area (Å²) in [5.41, 5.74) is 8.09. The molecule has 3 N–H and O–H groups in total. The Morgan fingerprint density at radius 2 is 2.05 bits per heavy atom. The molecule has 5 nitrogen and oxygen atoms in total. The molecular formula is C16H22N4O. The Hall–Kier alpha value is -2.14. The molecule has 1 heterocycles. The van der Waals surface area contributed by atoms with Gasteiger partial charge in [0, 0.05) is 26.2 Å². The Morgan fingerprint density at radius 1 is 1.29 bits per heavy atom. The minimum Gasteiger partial charge on any atom is -0.354 e. The predicted octanol–water partition coefficient (Wildman–Crippen LogP) is 1.04. The van der Waals surface area contributed by atoms with Crippen molar-refractivity contribution in [2.45, 2.75) is 25.3 Å². The van der Waals surface area contributed by atoms with E-state index in [-0.39, 0.29) is 5.91 Å². The molecule has 0 aliphatic carbocycles. The summed E-state index contributed by atoms with van der Waals surface area (Å²) in [6.07, 6.45) is 4.08. The van der Waals surface area contributed by atoms with Gasteiger partial charge in [0.1, 0.15) is 0 Å². The normalized spacial score (nSPS) is 12.1. The van der Waals surface area contributed by atoms with Gasteiger partial charge in [0.25, 0.3) is 0 Å². The Bertz CT molecular complexity index is 565. The Balaban J connectivity index is 1.67. The SMILES string of the molecule is Cn1ccc(CCNC(=O)[C@@H](N)CCc2ccccc2)n1. The van der Waals surface area contributed by atoms with Crippen molar-refractivity contribution in [3.63, 3.8) is 0 Å². The molecule has 0 aliphatic rings. The highest BCUT2D eigenvalue weighted by molar-refractivity contribution is 5.81. The van der Waals surface area contributed by atoms with Gasteiger partial charge >= 0.3 is 0 Å². The number of rotatable bonds is 7. The number of nitrogens with one attached hydrogen (secondary N) is 1. The summed E-state index contributed by atoms with van der Waals surface area (Å²) in [5, 5.41) is 7.13. The van der Waals surface area contributed by atoms with E-state index in [0.717, 1.165) is 18.5 Å². The minimum absolute atomic E-state index is 0.0955. The van der Waals surface area contributed by atoms with Gasteiger partial charge in [0.2, 0.25) is 5.91 Å². The van der Waals surface area contributed by atoms with Crippen LogP contribution in [0, 0.1) is 0 Å². The molecule has 21 heavy (non-hydrogen) atoms. The number of nitrogens with two attached hydrogens (primary N) is 1. The van der Waals surface area contributed by atoms with Gasteiger partial charge < -0.3 is 11.1 Å². The van der Waals surface area contributed by atoms with E-state index >= 15 is 0 Å². The Kier molecular flexibility index (Phi) is 5.51. The highest BCUT2D eigenvalue weighted by atomic mass is 16.2. The van der Waals surface area contributed by atoms with Crippen molar-refractivity contribution in [3.05, 3.63) is 53.9 Å². The molecule has 0 aliphatic heterocycles. The van der Waals surface area contributed by atoms with E-state index < -0.39 is 6.04 Å². The van der Waals surface area contributed by atoms with E-state index in [0.29, 0.717) is 13.0 Å². The number of carbonyl (C=O) groups is 1. The van der Waals surface area contributed by atoms with E-state index in [4.69, 9.17) is 5.73 Å². The van der Waals surface area contributed by atoms with E-state index in [1.54, 1.807) is 4.68 Å². The average molecular weight is 286 g/mol. The second-order valence-electron chi connectivity index (χ2n) is 5.15. The van der Waals surface area contributed by atoms with Crippen LogP contribution < -0.4 is 11.1 Å². The molecule has 1 aromatic carbocycles. The maximum Gasteiger partial charge on any atom is 0.236 e. The molecule has 5 heteroatoms. The third-order valence-electron chi connectivity index (χ3n) is 3.37. The van der Waals surface area contributed by atoms with Crippen LogP contribution in [0.5, 0.6) is 0 Å². The summed E-state index contributed by atoms with van der Waals surface area (Å²) in [6.45, 7) is 0.564. The van der Waals surface area contributed by atoms with Crippen LogP contribution in [0.2, 0.25) is 0 Å². The van der Waals surface area contributed by atoms with Crippen molar-refractivity contribution in [2.24, 2.45) is 12.8 Å². The van der Waals surface area contributed by atoms with Crippen LogP contribution in [0.4, 0.5) is 0 Å². The largest absolute Gasteiger partial charge is 0.354 e. The van der Waals surface area contributed by atoms with E-state index in [1.807, 2.05) is 49.6 Å². The number of amides is 1. The number of carbonyl (C=O) groups excluding carboxylic acids is 1. The molecule has 0 bridgehead atoms. The van der Waals surface area contributed by atoms with Crippen molar-refractivity contribution >= 4 is 5.91 Å². The quantitative estimate of drug-likeness (QED) is 0.798. The van der Waals surface area contributed by atoms with Gasteiger partial charge in [-0.1, -0.05) is 30.3 Å². The zero-order valence-corrected chi connectivity index (χ0v) is 12.3. The monoisotopic (exact) mass is 286 g/mol. The van der Waals surface area contributed by atoms with Crippen LogP contribution in [0.3, 0.4) is 0 Å². The Labute approximate surface area is 125 Å². The van der Waals surface area contributed by atoms with Crippen LogP contribution in [0.25, 0.3) is 0 Å². The van der Waals surface area contributed by atoms with Crippen molar-refractivity contribution in [1.82, 2.24) is 15.1 Å². The lowest BCUT2D eigenvalue weighted by Crippen LogP contribution is -2.41. The van der Waals surface area contributed by atoms with Crippen LogP contribution in [-0.4, -0.2) is 28.3 Å². The van der Waals surface area contributed by atoms with Crippen LogP contribution in [0.1, 0.15) is 17.7 Å². The van der Waals surface area contributed by atoms with Gasteiger partial charge in [0.05, 0.1) is 11.7 Å². The third-order valence-corrected chi connectivity index (χ3v) is 3.37. The van der Waals surface area contributed by atoms with Gasteiger partial charge in [-0.3, -0.25) is 9.48 Å². The van der Waals surface area contributed by atoms with Gasteiger partial charge in [-0.15, -0.1) is 0 Å². The first-order chi connectivity index (χ1) is 10.1. The molecule has 112 valence electrons. The molecule has 1 amide bonds. The highest BCUT2D eigenvalue weighted by Gasteiger charge is 2.12. The van der Waals surface area contributed by atoms with E-state index in [9.17, 15) is 4.79 Å². The predicted molar refractivity (Wildman–Crippen MR) is 82.7 cm³/mol. The number of hydrogen-bond donors (Lipinski definition) is 2. The fourth-order valence-electron chi connectivity index (χ4n) is 2.14. The molecule has 0 fully saturated rings. The molecule has 2 rings (SSSR count). The van der Waals surface area contributed by atoms with Crippen LogP contribution in [0.15, 0.2) is 42.6 Å². The van der Waals surface area contributed by atoms with Gasteiger partial charge in [0.15, 0.2) is 0 Å². The smallest absolute Gasteiger partial charge is 0.236 e. The molecule has 0 saturated carbocycles. The lowest BCUT2D eigenvalue weighted by Gasteiger charge is -2.11. The first kappa shape index (κ1) is 15.3. The fourth-order valence-corrected chi connectivity index (χ4v) is 2.14. The summed E-state index contributed by atoms with van der Waals surface area (Å²) in [7, 11) is 1.88. The topological polar surface area (TPSA) is 72.9 Å². The first-order valence-electron chi connectivity index (χ1n) is 7.21. The average Bonchev–Trinajstić information content (AvgIpc) is 2.91. The lowest BCUT2D eigenvalue weighted by atomic mass is 10.1. The summed E-state index contributed by atoms with van der Waals surface area (Å²) in [4.78, 5) is 11.9. The standard InChI is InChI=1S/C16H22N4O/c1-20-12-10-14(19-20)9-11-18-16(21)15(17)8-7-13-5-3-2-4-6-13/h2-6,10,12,15H,7-9,11,17H2,1H3,(H,18,21)/t15-/m0/s1. The molecular weight excluding hydrogens is 264 g/mol. The zero-order valence-electron chi connectivity index (χ0n) is 12.3. The summed E-state index contributed by atoms with van der Waals surface area (Å²) in [5.74, 6) is -0.0955. The van der Waals surface area contributed by atoms with Crippen LogP contribution in [-0.2, 0) is 24.7 Å². The molecule has 2 aromatic rings. The van der Waals surface area contributed by atoms with E-state index in [1.165, 1.54) is 5.56 Å². The maximum absolute atomic E-state index is 11.9. The minimum atomic E-state index is -0.464. The lowest BCUT2D eigenvalue weighted by molar-refractivity contribution is -0.122. The summed E-state index contributed by atoms with van der Waals surface area (Å²) >= 11 is 0. The molecule has 0 saturated heterocycles. The first-order valence-corrected chi connectivity index (χ1v) is 7.21. The summed E-state index contributed by atoms with van der Waals surface area (Å²) < 4.78 is 1.75. The molecule has 0 unspecified atom stereocenters. The van der Waals surface area contributed by atoms with Crippen LogP contribution >= 0.6 is 0 Å². The number of aryl methyl sites for hydroxylation is 2. The number of hydrogen-bond acceptors (Lipinski definition) is 3. The number of nitrogens with zero attached hydrogens (tertiary/aromatic N) is 2. The second kappa shape index (κ2) is 7.59.